The van der Waals surface area contributed by atoms with Crippen LogP contribution in [0.5, 0.6) is 0 Å². The molecule has 106 valence electrons. The molecular formula is C16H18ClFN2. The van der Waals surface area contributed by atoms with Crippen LogP contribution >= 0.6 is 11.6 Å². The smallest absolute Gasteiger partial charge is 0.124 e. The van der Waals surface area contributed by atoms with E-state index in [-0.39, 0.29) is 17.3 Å². The van der Waals surface area contributed by atoms with Crippen molar-refractivity contribution in [2.45, 2.75) is 32.7 Å². The minimum atomic E-state index is -0.322. The van der Waals surface area contributed by atoms with E-state index in [9.17, 15) is 4.39 Å². The quantitative estimate of drug-likeness (QED) is 0.837. The maximum Gasteiger partial charge on any atom is 0.124 e. The number of aromatic nitrogens is 1. The van der Waals surface area contributed by atoms with Gasteiger partial charge in [-0.3, -0.25) is 0 Å². The van der Waals surface area contributed by atoms with Crippen molar-refractivity contribution in [1.29, 1.82) is 0 Å². The Kier molecular flexibility index (Phi) is 3.14. The summed E-state index contributed by atoms with van der Waals surface area (Å²) in [6.07, 6.45) is 3.89. The second-order valence-corrected chi connectivity index (χ2v) is 6.74. The summed E-state index contributed by atoms with van der Waals surface area (Å²) in [5.74, 6) is -0.322. The van der Waals surface area contributed by atoms with E-state index < -0.39 is 0 Å². The molecule has 1 atom stereocenters. The normalized spacial score (nSPS) is 20.8. The molecule has 3 rings (SSSR count). The summed E-state index contributed by atoms with van der Waals surface area (Å²) in [4.78, 5) is 0. The van der Waals surface area contributed by atoms with Crippen molar-refractivity contribution >= 4 is 11.6 Å². The second-order valence-electron chi connectivity index (χ2n) is 6.34. The number of hydrogen-bond acceptors (Lipinski definition) is 1. The van der Waals surface area contributed by atoms with Gasteiger partial charge in [0, 0.05) is 17.9 Å². The molecule has 0 saturated heterocycles. The van der Waals surface area contributed by atoms with E-state index in [1.807, 2.05) is 10.8 Å². The summed E-state index contributed by atoms with van der Waals surface area (Å²) in [7, 11) is 0. The summed E-state index contributed by atoms with van der Waals surface area (Å²) >= 11 is 6.18. The summed E-state index contributed by atoms with van der Waals surface area (Å²) in [6, 6.07) is 6.59. The number of rotatable bonds is 1. The minimum Gasteiger partial charge on any atom is -0.324 e. The van der Waals surface area contributed by atoms with E-state index in [1.165, 1.54) is 23.4 Å². The van der Waals surface area contributed by atoms with Gasteiger partial charge in [-0.25, -0.2) is 4.39 Å². The van der Waals surface area contributed by atoms with E-state index in [0.29, 0.717) is 5.02 Å². The highest BCUT2D eigenvalue weighted by molar-refractivity contribution is 6.32. The number of halogens is 2. The first-order valence-electron chi connectivity index (χ1n) is 6.78. The fraction of sp³-hybridized carbons (Fsp3) is 0.375. The largest absolute Gasteiger partial charge is 0.324 e. The van der Waals surface area contributed by atoms with Crippen LogP contribution in [0.25, 0.3) is 5.69 Å². The zero-order chi connectivity index (χ0) is 14.5. The first-order valence-corrected chi connectivity index (χ1v) is 7.16. The molecule has 1 aliphatic carbocycles. The average Bonchev–Trinajstić information content (AvgIpc) is 2.71. The SMILES string of the molecule is CC1(C)Cc2c(ccn2-c2ccc(F)cc2Cl)C(N)C1. The van der Waals surface area contributed by atoms with E-state index >= 15 is 0 Å². The topological polar surface area (TPSA) is 30.9 Å². The lowest BCUT2D eigenvalue weighted by Gasteiger charge is -2.34. The molecule has 1 aliphatic rings. The van der Waals surface area contributed by atoms with Gasteiger partial charge in [0.1, 0.15) is 5.82 Å². The monoisotopic (exact) mass is 292 g/mol. The fourth-order valence-electron chi connectivity index (χ4n) is 3.14. The average molecular weight is 293 g/mol. The van der Waals surface area contributed by atoms with Crippen molar-refractivity contribution in [3.63, 3.8) is 0 Å². The molecule has 2 nitrogen and oxygen atoms in total. The zero-order valence-electron chi connectivity index (χ0n) is 11.7. The summed E-state index contributed by atoms with van der Waals surface area (Å²) in [5, 5.41) is 0.417. The van der Waals surface area contributed by atoms with Crippen LogP contribution in [0.4, 0.5) is 4.39 Å². The van der Waals surface area contributed by atoms with Crippen molar-refractivity contribution in [2.24, 2.45) is 11.1 Å². The molecule has 0 spiro atoms. The standard InChI is InChI=1S/C16H18ClFN2/c1-16(2)8-13(19)11-5-6-20(15(11)9-16)14-4-3-10(18)7-12(14)17/h3-7,13H,8-9,19H2,1-2H3. The van der Waals surface area contributed by atoms with Crippen LogP contribution < -0.4 is 5.73 Å². The molecule has 0 aliphatic heterocycles. The van der Waals surface area contributed by atoms with Gasteiger partial charge in [-0.05, 0) is 48.1 Å². The fourth-order valence-corrected chi connectivity index (χ4v) is 3.40. The maximum atomic E-state index is 13.2. The lowest BCUT2D eigenvalue weighted by molar-refractivity contribution is 0.278. The molecule has 0 saturated carbocycles. The molecule has 2 aromatic rings. The van der Waals surface area contributed by atoms with Crippen LogP contribution in [0.15, 0.2) is 30.5 Å². The van der Waals surface area contributed by atoms with E-state index in [2.05, 4.69) is 19.9 Å². The van der Waals surface area contributed by atoms with Gasteiger partial charge in [-0.1, -0.05) is 25.4 Å². The molecule has 0 radical (unpaired) electrons. The first-order chi connectivity index (χ1) is 9.37. The lowest BCUT2D eigenvalue weighted by atomic mass is 9.74. The molecule has 1 unspecified atom stereocenters. The summed E-state index contributed by atoms with van der Waals surface area (Å²) in [5.41, 5.74) is 9.59. The van der Waals surface area contributed by atoms with Crippen LogP contribution in [-0.4, -0.2) is 4.57 Å². The van der Waals surface area contributed by atoms with E-state index in [4.69, 9.17) is 17.3 Å². The van der Waals surface area contributed by atoms with Gasteiger partial charge in [-0.2, -0.15) is 0 Å². The summed E-state index contributed by atoms with van der Waals surface area (Å²) < 4.78 is 15.2. The van der Waals surface area contributed by atoms with Gasteiger partial charge in [0.25, 0.3) is 0 Å². The molecule has 4 heteroatoms. The van der Waals surface area contributed by atoms with Crippen LogP contribution in [0.1, 0.15) is 37.6 Å². The highest BCUT2D eigenvalue weighted by Gasteiger charge is 2.32. The van der Waals surface area contributed by atoms with Crippen LogP contribution in [0.2, 0.25) is 5.02 Å². The molecule has 1 heterocycles. The Morgan fingerprint density at radius 1 is 1.35 bits per heavy atom. The van der Waals surface area contributed by atoms with Crippen LogP contribution in [0, 0.1) is 11.2 Å². The zero-order valence-corrected chi connectivity index (χ0v) is 12.4. The van der Waals surface area contributed by atoms with Gasteiger partial charge >= 0.3 is 0 Å². The third-order valence-corrected chi connectivity index (χ3v) is 4.32. The first kappa shape index (κ1) is 13.7. The molecule has 1 aromatic carbocycles. The predicted octanol–water partition coefficient (Wildman–Crippen LogP) is 4.24. The summed E-state index contributed by atoms with van der Waals surface area (Å²) in [6.45, 7) is 4.44. The maximum absolute atomic E-state index is 13.2. The Morgan fingerprint density at radius 3 is 2.80 bits per heavy atom. The van der Waals surface area contributed by atoms with Crippen molar-refractivity contribution < 1.29 is 4.39 Å². The third-order valence-electron chi connectivity index (χ3n) is 4.01. The van der Waals surface area contributed by atoms with E-state index in [1.54, 1.807) is 6.07 Å². The molecule has 0 fully saturated rings. The van der Waals surface area contributed by atoms with E-state index in [0.717, 1.165) is 18.5 Å². The molecule has 2 N–H and O–H groups in total. The minimum absolute atomic E-state index is 0.0502. The Bertz CT molecular complexity index is 660. The van der Waals surface area contributed by atoms with Crippen molar-refractivity contribution in [3.05, 3.63) is 52.6 Å². The Balaban J connectivity index is 2.13. The Labute approximate surface area is 123 Å². The van der Waals surface area contributed by atoms with Gasteiger partial charge < -0.3 is 10.3 Å². The van der Waals surface area contributed by atoms with Crippen LogP contribution in [0.3, 0.4) is 0 Å². The van der Waals surface area contributed by atoms with Crippen molar-refractivity contribution in [3.8, 4) is 5.69 Å². The molecule has 0 amide bonds. The third kappa shape index (κ3) is 2.25. The molecule has 0 bridgehead atoms. The number of fused-ring (bicyclic) bond motifs is 1. The number of nitrogens with two attached hydrogens (primary N) is 1. The van der Waals surface area contributed by atoms with Gasteiger partial charge in [0.2, 0.25) is 0 Å². The molecule has 1 aromatic heterocycles. The van der Waals surface area contributed by atoms with Crippen molar-refractivity contribution in [1.82, 2.24) is 4.57 Å². The Morgan fingerprint density at radius 2 is 2.10 bits per heavy atom. The van der Waals surface area contributed by atoms with Crippen molar-refractivity contribution in [2.75, 3.05) is 0 Å². The molecule has 20 heavy (non-hydrogen) atoms. The molecular weight excluding hydrogens is 275 g/mol. The van der Waals surface area contributed by atoms with Gasteiger partial charge in [0.15, 0.2) is 0 Å². The lowest BCUT2D eigenvalue weighted by Crippen LogP contribution is -2.30. The van der Waals surface area contributed by atoms with Crippen LogP contribution in [-0.2, 0) is 6.42 Å². The Hall–Kier alpha value is -1.32. The highest BCUT2D eigenvalue weighted by atomic mass is 35.5. The highest BCUT2D eigenvalue weighted by Crippen LogP contribution is 2.41. The number of hydrogen-bond donors (Lipinski definition) is 1. The number of nitrogens with zero attached hydrogens (tertiary/aromatic N) is 1. The van der Waals surface area contributed by atoms with Gasteiger partial charge in [0.05, 0.1) is 10.7 Å². The number of benzene rings is 1. The predicted molar refractivity (Wildman–Crippen MR) is 79.8 cm³/mol. The second kappa shape index (κ2) is 4.61. The van der Waals surface area contributed by atoms with Gasteiger partial charge in [-0.15, -0.1) is 0 Å².